The van der Waals surface area contributed by atoms with Gasteiger partial charge in [0.15, 0.2) is 0 Å². The Labute approximate surface area is 70.5 Å². The molecule has 0 aromatic rings. The predicted octanol–water partition coefficient (Wildman–Crippen LogP) is 2.92. The Morgan fingerprint density at radius 1 is 1.40 bits per heavy atom. The summed E-state index contributed by atoms with van der Waals surface area (Å²) in [4.78, 5) is 0. The van der Waals surface area contributed by atoms with Crippen LogP contribution in [0.2, 0.25) is 0 Å². The fourth-order valence-electron chi connectivity index (χ4n) is 1.60. The molecule has 2 rings (SSSR count). The average molecular weight is 175 g/mol. The second-order valence-corrected chi connectivity index (χ2v) is 3.81. The highest BCUT2D eigenvalue weighted by Gasteiger charge is 2.30. The van der Waals surface area contributed by atoms with E-state index >= 15 is 0 Å². The van der Waals surface area contributed by atoms with Crippen molar-refractivity contribution in [2.45, 2.75) is 11.8 Å². The van der Waals surface area contributed by atoms with Crippen LogP contribution in [0.25, 0.3) is 0 Å². The van der Waals surface area contributed by atoms with Crippen molar-refractivity contribution in [1.29, 1.82) is 0 Å². The van der Waals surface area contributed by atoms with Gasteiger partial charge in [-0.2, -0.15) is 0 Å². The molecule has 2 heteroatoms. The Balaban J connectivity index is 2.32. The molecular formula is C8H8Cl2. The van der Waals surface area contributed by atoms with Crippen LogP contribution in [0.3, 0.4) is 0 Å². The van der Waals surface area contributed by atoms with Crippen LogP contribution < -0.4 is 0 Å². The molecule has 0 aromatic heterocycles. The first-order chi connectivity index (χ1) is 4.77. The van der Waals surface area contributed by atoms with Gasteiger partial charge in [0.1, 0.15) is 0 Å². The van der Waals surface area contributed by atoms with Crippen molar-refractivity contribution < 1.29 is 0 Å². The zero-order valence-corrected chi connectivity index (χ0v) is 6.94. The number of rotatable bonds is 0. The normalized spacial score (nSPS) is 43.8. The quantitative estimate of drug-likeness (QED) is 0.392. The Hall–Kier alpha value is 0.0600. The lowest BCUT2D eigenvalue weighted by Crippen LogP contribution is -2.16. The van der Waals surface area contributed by atoms with Gasteiger partial charge in [-0.3, -0.25) is 0 Å². The van der Waals surface area contributed by atoms with Crippen molar-refractivity contribution in [1.82, 2.24) is 0 Å². The van der Waals surface area contributed by atoms with Crippen LogP contribution in [0.4, 0.5) is 0 Å². The van der Waals surface area contributed by atoms with E-state index in [1.165, 1.54) is 0 Å². The Morgan fingerprint density at radius 3 is 3.00 bits per heavy atom. The molecule has 0 saturated heterocycles. The highest BCUT2D eigenvalue weighted by atomic mass is 35.5. The van der Waals surface area contributed by atoms with E-state index in [0.717, 1.165) is 11.5 Å². The standard InChI is InChI=1S/C8H8Cl2/c9-7-4-5-1-2-6(3-5)8(7)10/h1-2,4-6,8H,3H2/t5-,6-,8-/m0/s1. The highest BCUT2D eigenvalue weighted by Crippen LogP contribution is 2.39. The van der Waals surface area contributed by atoms with Gasteiger partial charge in [0.05, 0.1) is 5.38 Å². The lowest BCUT2D eigenvalue weighted by Gasteiger charge is -2.21. The van der Waals surface area contributed by atoms with E-state index in [2.05, 4.69) is 18.2 Å². The predicted molar refractivity (Wildman–Crippen MR) is 44.3 cm³/mol. The Kier molecular flexibility index (Phi) is 1.54. The summed E-state index contributed by atoms with van der Waals surface area (Å²) in [6.07, 6.45) is 7.58. The minimum Gasteiger partial charge on any atom is -0.116 e. The van der Waals surface area contributed by atoms with Crippen molar-refractivity contribution in [2.75, 3.05) is 0 Å². The Bertz CT molecular complexity index is 205. The smallest absolute Gasteiger partial charge is 0.0752 e. The van der Waals surface area contributed by atoms with Gasteiger partial charge in [-0.15, -0.1) is 11.6 Å². The molecule has 3 atom stereocenters. The minimum absolute atomic E-state index is 0.0386. The molecule has 0 saturated carbocycles. The van der Waals surface area contributed by atoms with Gasteiger partial charge in [0, 0.05) is 5.03 Å². The lowest BCUT2D eigenvalue weighted by atomic mass is 9.94. The van der Waals surface area contributed by atoms with Crippen LogP contribution in [0, 0.1) is 11.8 Å². The maximum Gasteiger partial charge on any atom is 0.0752 e. The topological polar surface area (TPSA) is 0 Å². The first kappa shape index (κ1) is 6.75. The van der Waals surface area contributed by atoms with E-state index in [1.54, 1.807) is 0 Å². The van der Waals surface area contributed by atoms with Crippen LogP contribution in [0.1, 0.15) is 6.42 Å². The minimum atomic E-state index is 0.0386. The molecule has 0 fully saturated rings. The van der Waals surface area contributed by atoms with Crippen molar-refractivity contribution in [2.24, 2.45) is 11.8 Å². The molecule has 0 nitrogen and oxygen atoms in total. The molecule has 0 heterocycles. The van der Waals surface area contributed by atoms with Crippen LogP contribution in [0.15, 0.2) is 23.3 Å². The molecule has 0 N–H and O–H groups in total. The average Bonchev–Trinajstić information content (AvgIpc) is 2.29. The SMILES string of the molecule is ClC1=C[C@H]2C=C[C@@H](C2)[C@@H]1Cl. The lowest BCUT2D eigenvalue weighted by molar-refractivity contribution is 0.561. The molecule has 0 radical (unpaired) electrons. The first-order valence-electron chi connectivity index (χ1n) is 3.47. The third kappa shape index (κ3) is 0.906. The second-order valence-electron chi connectivity index (χ2n) is 2.90. The van der Waals surface area contributed by atoms with E-state index in [9.17, 15) is 0 Å². The van der Waals surface area contributed by atoms with Gasteiger partial charge >= 0.3 is 0 Å². The molecule has 0 spiro atoms. The van der Waals surface area contributed by atoms with Gasteiger partial charge in [0.25, 0.3) is 0 Å². The number of halogens is 2. The highest BCUT2D eigenvalue weighted by molar-refractivity contribution is 6.37. The number of hydrogen-bond donors (Lipinski definition) is 0. The van der Waals surface area contributed by atoms with Crippen LogP contribution in [-0.4, -0.2) is 5.38 Å². The molecule has 0 amide bonds. The molecule has 0 unspecified atom stereocenters. The third-order valence-corrected chi connectivity index (χ3v) is 3.19. The fourth-order valence-corrected chi connectivity index (χ4v) is 2.18. The van der Waals surface area contributed by atoms with E-state index in [1.807, 2.05) is 0 Å². The molecule has 10 heavy (non-hydrogen) atoms. The summed E-state index contributed by atoms with van der Waals surface area (Å²) < 4.78 is 0. The van der Waals surface area contributed by atoms with Gasteiger partial charge in [-0.25, -0.2) is 0 Å². The molecule has 2 aliphatic carbocycles. The van der Waals surface area contributed by atoms with E-state index in [-0.39, 0.29) is 5.38 Å². The first-order valence-corrected chi connectivity index (χ1v) is 4.28. The number of allylic oxidation sites excluding steroid dienone is 4. The van der Waals surface area contributed by atoms with E-state index in [0.29, 0.717) is 11.8 Å². The summed E-state index contributed by atoms with van der Waals surface area (Å²) in [5, 5.41) is 0.865. The van der Waals surface area contributed by atoms with Gasteiger partial charge in [-0.1, -0.05) is 29.8 Å². The number of alkyl halides is 1. The summed E-state index contributed by atoms with van der Waals surface area (Å²) in [5.74, 6) is 1.05. The molecule has 0 aliphatic heterocycles. The maximum absolute atomic E-state index is 6.01. The largest absolute Gasteiger partial charge is 0.116 e. The zero-order chi connectivity index (χ0) is 7.14. The van der Waals surface area contributed by atoms with Crippen molar-refractivity contribution >= 4 is 23.2 Å². The number of hydrogen-bond acceptors (Lipinski definition) is 0. The summed E-state index contributed by atoms with van der Waals surface area (Å²) in [6.45, 7) is 0. The molecule has 2 aliphatic rings. The van der Waals surface area contributed by atoms with Crippen LogP contribution in [-0.2, 0) is 0 Å². The summed E-state index contributed by atoms with van der Waals surface area (Å²) in [5.41, 5.74) is 0. The van der Waals surface area contributed by atoms with Crippen LogP contribution >= 0.6 is 23.2 Å². The summed E-state index contributed by atoms with van der Waals surface area (Å²) in [6, 6.07) is 0. The van der Waals surface area contributed by atoms with Gasteiger partial charge in [0.2, 0.25) is 0 Å². The summed E-state index contributed by atoms with van der Waals surface area (Å²) >= 11 is 11.9. The van der Waals surface area contributed by atoms with Gasteiger partial charge in [-0.05, 0) is 18.3 Å². The van der Waals surface area contributed by atoms with Crippen molar-refractivity contribution in [3.8, 4) is 0 Å². The monoisotopic (exact) mass is 174 g/mol. The van der Waals surface area contributed by atoms with Crippen molar-refractivity contribution in [3.63, 3.8) is 0 Å². The fraction of sp³-hybridized carbons (Fsp3) is 0.500. The number of fused-ring (bicyclic) bond motifs is 2. The third-order valence-electron chi connectivity index (χ3n) is 2.16. The van der Waals surface area contributed by atoms with Crippen LogP contribution in [0.5, 0.6) is 0 Å². The molecule has 0 aromatic carbocycles. The van der Waals surface area contributed by atoms with E-state index < -0.39 is 0 Å². The maximum atomic E-state index is 6.01. The second kappa shape index (κ2) is 2.28. The zero-order valence-electron chi connectivity index (χ0n) is 5.43. The molecule has 2 bridgehead atoms. The Morgan fingerprint density at radius 2 is 2.20 bits per heavy atom. The molecule has 54 valence electrons. The van der Waals surface area contributed by atoms with Crippen molar-refractivity contribution in [3.05, 3.63) is 23.3 Å². The molecular weight excluding hydrogens is 167 g/mol. The summed E-state index contributed by atoms with van der Waals surface area (Å²) in [7, 11) is 0. The van der Waals surface area contributed by atoms with E-state index in [4.69, 9.17) is 23.2 Å². The van der Waals surface area contributed by atoms with Gasteiger partial charge < -0.3 is 0 Å².